The van der Waals surface area contributed by atoms with Crippen LogP contribution in [0.2, 0.25) is 0 Å². The third-order valence-electron chi connectivity index (χ3n) is 5.51. The molecule has 0 bridgehead atoms. The van der Waals surface area contributed by atoms with Gasteiger partial charge in [-0.25, -0.2) is 4.57 Å². The summed E-state index contributed by atoms with van der Waals surface area (Å²) in [6.07, 6.45) is 1.67. The van der Waals surface area contributed by atoms with E-state index in [1.54, 1.807) is 44.2 Å². The average molecular weight is 553 g/mol. The Labute approximate surface area is 218 Å². The van der Waals surface area contributed by atoms with Crippen molar-refractivity contribution < 1.29 is 38.1 Å². The highest BCUT2D eigenvalue weighted by atomic mass is 32.1. The minimum Gasteiger partial charge on any atom is -0.463 e. The first-order valence-corrected chi connectivity index (χ1v) is 13.6. The highest BCUT2D eigenvalue weighted by Gasteiger charge is 2.55. The quantitative estimate of drug-likeness (QED) is 0.174. The Morgan fingerprint density at radius 2 is 1.97 bits per heavy atom. The molecule has 37 heavy (non-hydrogen) atoms. The minimum atomic E-state index is -4.10. The number of nitrogens with one attached hydrogen (secondary N) is 1. The molecule has 3 N–H and O–H groups in total. The van der Waals surface area contributed by atoms with Crippen LogP contribution in [0.4, 0.5) is 0 Å². The molecule has 1 saturated heterocycles. The first-order valence-electron chi connectivity index (χ1n) is 11.4. The van der Waals surface area contributed by atoms with E-state index in [1.807, 2.05) is 0 Å². The van der Waals surface area contributed by atoms with Crippen molar-refractivity contribution in [3.8, 4) is 18.1 Å². The number of aliphatic hydroxyl groups excluding tert-OH is 2. The second-order valence-corrected chi connectivity index (χ2v) is 11.3. The largest absolute Gasteiger partial charge is 0.463 e. The minimum absolute atomic E-state index is 0.0759. The van der Waals surface area contributed by atoms with Gasteiger partial charge < -0.3 is 24.2 Å². The predicted molar refractivity (Wildman–Crippen MR) is 135 cm³/mol. The Hall–Kier alpha value is -2.78. The van der Waals surface area contributed by atoms with Crippen LogP contribution < -0.4 is 10.1 Å². The Morgan fingerprint density at radius 1 is 1.30 bits per heavy atom. The number of rotatable bonds is 10. The van der Waals surface area contributed by atoms with Crippen molar-refractivity contribution >= 4 is 25.8 Å². The standard InChI is InChI=1S/C24H29N2O9PS/c1-5-24(20(29)19(28)21(34-24)26-12-11-18(27)25-23(26)37)14-32-36(31,35-17-9-7-6-8-10-17)13-16(4)22(30)33-15(2)3/h1,6-12,15-16,19-21,28-29H,13-14H2,2-4H3,(H,25,27,37)/t16-,19?,20-,21-,24-,36?/m1/s1. The molecule has 1 aliphatic rings. The molecule has 11 nitrogen and oxygen atoms in total. The molecule has 13 heteroatoms. The van der Waals surface area contributed by atoms with E-state index in [0.29, 0.717) is 0 Å². The van der Waals surface area contributed by atoms with E-state index >= 15 is 0 Å². The number of hydrogen-bond acceptors (Lipinski definition) is 10. The fraction of sp³-hybridized carbons (Fsp3) is 0.458. The zero-order valence-corrected chi connectivity index (χ0v) is 22.2. The first kappa shape index (κ1) is 28.8. The summed E-state index contributed by atoms with van der Waals surface area (Å²) in [5, 5.41) is 21.5. The summed E-state index contributed by atoms with van der Waals surface area (Å²) in [6.45, 7) is 4.23. The van der Waals surface area contributed by atoms with Gasteiger partial charge in [-0.2, -0.15) is 0 Å². The average Bonchev–Trinajstić information content (AvgIpc) is 3.08. The van der Waals surface area contributed by atoms with Gasteiger partial charge in [-0.1, -0.05) is 31.0 Å². The lowest BCUT2D eigenvalue weighted by molar-refractivity contribution is -0.151. The first-order chi connectivity index (χ1) is 17.4. The Kier molecular flexibility index (Phi) is 9.13. The van der Waals surface area contributed by atoms with Crippen LogP contribution >= 0.6 is 19.8 Å². The molecule has 200 valence electrons. The fourth-order valence-electron chi connectivity index (χ4n) is 3.63. The fourth-order valence-corrected chi connectivity index (χ4v) is 5.78. The van der Waals surface area contributed by atoms with E-state index < -0.39 is 55.7 Å². The van der Waals surface area contributed by atoms with Crippen LogP contribution in [0.25, 0.3) is 0 Å². The van der Waals surface area contributed by atoms with E-state index in [2.05, 4.69) is 10.9 Å². The molecule has 2 aromatic rings. The number of terminal acetylenes is 1. The predicted octanol–water partition coefficient (Wildman–Crippen LogP) is 2.40. The van der Waals surface area contributed by atoms with Gasteiger partial charge in [0, 0.05) is 12.3 Å². The molecular weight excluding hydrogens is 523 g/mol. The van der Waals surface area contributed by atoms with Crippen molar-refractivity contribution in [1.82, 2.24) is 9.55 Å². The van der Waals surface area contributed by atoms with Gasteiger partial charge in [0.2, 0.25) is 0 Å². The summed E-state index contributed by atoms with van der Waals surface area (Å²) < 4.78 is 37.4. The van der Waals surface area contributed by atoms with Crippen molar-refractivity contribution in [1.29, 1.82) is 0 Å². The number of hydrogen-bond donors (Lipinski definition) is 3. The number of ether oxygens (including phenoxy) is 2. The second-order valence-electron chi connectivity index (χ2n) is 8.85. The Morgan fingerprint density at radius 3 is 2.57 bits per heavy atom. The monoisotopic (exact) mass is 552 g/mol. The van der Waals surface area contributed by atoms with Crippen molar-refractivity contribution in [2.45, 2.75) is 50.9 Å². The lowest BCUT2D eigenvalue weighted by atomic mass is 9.97. The van der Waals surface area contributed by atoms with Gasteiger partial charge in [-0.3, -0.25) is 23.7 Å². The molecule has 1 fully saturated rings. The maximum Gasteiger partial charge on any atom is 0.380 e. The van der Waals surface area contributed by atoms with E-state index in [0.717, 1.165) is 6.07 Å². The third-order valence-corrected chi connectivity index (χ3v) is 7.83. The molecule has 6 atom stereocenters. The number of nitrogens with zero attached hydrogens (tertiary/aromatic N) is 1. The topological polar surface area (TPSA) is 149 Å². The maximum atomic E-state index is 13.8. The van der Waals surface area contributed by atoms with Crippen LogP contribution in [-0.4, -0.2) is 62.4 Å². The Bertz CT molecular complexity index is 1310. The van der Waals surface area contributed by atoms with E-state index in [4.69, 9.17) is 37.2 Å². The normalized spacial score (nSPS) is 25.7. The zero-order chi connectivity index (χ0) is 27.4. The number of carbonyl (C=O) groups is 1. The van der Waals surface area contributed by atoms with Gasteiger partial charge in [0.15, 0.2) is 16.6 Å². The summed E-state index contributed by atoms with van der Waals surface area (Å²) in [5.41, 5.74) is -2.43. The number of H-pyrrole nitrogens is 1. The lowest BCUT2D eigenvalue weighted by Crippen LogP contribution is -2.45. The van der Waals surface area contributed by atoms with Crippen LogP contribution in [0.1, 0.15) is 27.0 Å². The van der Waals surface area contributed by atoms with Crippen LogP contribution in [0, 0.1) is 23.0 Å². The van der Waals surface area contributed by atoms with Gasteiger partial charge in [-0.05, 0) is 38.2 Å². The molecule has 0 spiro atoms. The zero-order valence-electron chi connectivity index (χ0n) is 20.5. The van der Waals surface area contributed by atoms with Gasteiger partial charge in [0.25, 0.3) is 5.56 Å². The maximum absolute atomic E-state index is 13.8. The summed E-state index contributed by atoms with van der Waals surface area (Å²) in [7, 11) is -4.10. The smallest absolute Gasteiger partial charge is 0.380 e. The number of esters is 1. The van der Waals surface area contributed by atoms with Crippen LogP contribution in [0.5, 0.6) is 5.75 Å². The molecule has 1 aromatic carbocycles. The number of aliphatic hydroxyl groups is 2. The third kappa shape index (κ3) is 6.76. The molecule has 2 unspecified atom stereocenters. The van der Waals surface area contributed by atoms with E-state index in [-0.39, 0.29) is 22.8 Å². The van der Waals surface area contributed by atoms with Crippen molar-refractivity contribution in [3.63, 3.8) is 0 Å². The SMILES string of the molecule is C#C[C@]1(COP(=O)(C[C@@H](C)C(=O)OC(C)C)Oc2ccccc2)O[C@@H](n2ccc(=O)[nH]c2=S)C(O)[C@H]1O. The number of aromatic amines is 1. The van der Waals surface area contributed by atoms with Gasteiger partial charge >= 0.3 is 13.6 Å². The molecule has 0 aliphatic carbocycles. The summed E-state index contributed by atoms with van der Waals surface area (Å²) in [6, 6.07) is 9.34. The van der Waals surface area contributed by atoms with E-state index in [1.165, 1.54) is 17.7 Å². The van der Waals surface area contributed by atoms with E-state index in [9.17, 15) is 24.4 Å². The number of benzene rings is 1. The highest BCUT2D eigenvalue weighted by molar-refractivity contribution is 7.71. The molecule has 3 rings (SSSR count). The number of carbonyl (C=O) groups excluding carboxylic acids is 1. The molecule has 0 amide bonds. The molecule has 2 heterocycles. The molecular formula is C24H29N2O9PS. The molecule has 1 aromatic heterocycles. The summed E-state index contributed by atoms with van der Waals surface area (Å²) in [5.74, 6) is 1.04. The van der Waals surface area contributed by atoms with Crippen molar-refractivity contribution in [2.24, 2.45) is 5.92 Å². The van der Waals surface area contributed by atoms with Gasteiger partial charge in [0.05, 0.1) is 18.2 Å². The lowest BCUT2D eigenvalue weighted by Gasteiger charge is -2.29. The van der Waals surface area contributed by atoms with Crippen LogP contribution in [0.3, 0.4) is 0 Å². The van der Waals surface area contributed by atoms with Crippen LogP contribution in [-0.2, 0) is 23.4 Å². The molecule has 1 aliphatic heterocycles. The van der Waals surface area contributed by atoms with Crippen LogP contribution in [0.15, 0.2) is 47.4 Å². The Balaban J connectivity index is 1.87. The van der Waals surface area contributed by atoms with Crippen molar-refractivity contribution in [2.75, 3.05) is 12.8 Å². The second kappa shape index (κ2) is 11.7. The molecule has 0 saturated carbocycles. The summed E-state index contributed by atoms with van der Waals surface area (Å²) >= 11 is 5.12. The number of para-hydroxylation sites is 1. The number of aromatic nitrogens is 2. The van der Waals surface area contributed by atoms with Gasteiger partial charge in [0.1, 0.15) is 24.6 Å². The van der Waals surface area contributed by atoms with Gasteiger partial charge in [-0.15, -0.1) is 6.42 Å². The summed E-state index contributed by atoms with van der Waals surface area (Å²) in [4.78, 5) is 26.3. The van der Waals surface area contributed by atoms with Crippen molar-refractivity contribution in [3.05, 3.63) is 57.7 Å². The molecule has 0 radical (unpaired) electrons. The highest BCUT2D eigenvalue weighted by Crippen LogP contribution is 2.52.